The first-order chi connectivity index (χ1) is 9.45. The Morgan fingerprint density at radius 2 is 2.00 bits per heavy atom. The minimum atomic E-state index is -0.850. The summed E-state index contributed by atoms with van der Waals surface area (Å²) in [6.07, 6.45) is 0.477. The molecule has 2 amide bonds. The number of carbonyl (C=O) groups excluding carboxylic acids is 1. The second-order valence-corrected chi connectivity index (χ2v) is 4.81. The largest absolute Gasteiger partial charge is 0.481 e. The fourth-order valence-corrected chi connectivity index (χ4v) is 1.99. The number of anilines is 1. The number of urea groups is 1. The van der Waals surface area contributed by atoms with E-state index in [1.54, 1.807) is 4.90 Å². The first kappa shape index (κ1) is 16.0. The Morgan fingerprint density at radius 3 is 2.55 bits per heavy atom. The van der Waals surface area contributed by atoms with E-state index < -0.39 is 5.97 Å². The molecule has 1 atom stereocenters. The minimum absolute atomic E-state index is 0.0535. The summed E-state index contributed by atoms with van der Waals surface area (Å²) in [5.41, 5.74) is 1.90. The van der Waals surface area contributed by atoms with Crippen molar-refractivity contribution in [2.75, 3.05) is 11.4 Å². The van der Waals surface area contributed by atoms with Gasteiger partial charge in [0.05, 0.1) is 0 Å². The van der Waals surface area contributed by atoms with E-state index in [1.165, 1.54) is 0 Å². The zero-order valence-corrected chi connectivity index (χ0v) is 12.2. The van der Waals surface area contributed by atoms with Crippen LogP contribution in [0, 0.1) is 6.92 Å². The molecule has 20 heavy (non-hydrogen) atoms. The van der Waals surface area contributed by atoms with Crippen LogP contribution in [0.3, 0.4) is 0 Å². The molecule has 5 nitrogen and oxygen atoms in total. The standard InChI is InChI=1S/C15H22N2O3/c1-4-17(13-8-6-5-7-11(13)2)15(20)16-12(3)9-10-14(18)19/h5-8,12H,4,9-10H2,1-3H3,(H,16,20)(H,18,19). The molecule has 0 aromatic heterocycles. The molecule has 0 spiro atoms. The molecule has 0 aliphatic carbocycles. The lowest BCUT2D eigenvalue weighted by Gasteiger charge is -2.25. The number of rotatable bonds is 6. The number of amides is 2. The van der Waals surface area contributed by atoms with E-state index >= 15 is 0 Å². The van der Waals surface area contributed by atoms with Crippen molar-refractivity contribution in [1.29, 1.82) is 0 Å². The summed E-state index contributed by atoms with van der Waals surface area (Å²) in [5.74, 6) is -0.850. The summed E-state index contributed by atoms with van der Waals surface area (Å²) >= 11 is 0. The Hall–Kier alpha value is -2.04. The second-order valence-electron chi connectivity index (χ2n) is 4.81. The second kappa shape index (κ2) is 7.53. The van der Waals surface area contributed by atoms with Gasteiger partial charge >= 0.3 is 12.0 Å². The van der Waals surface area contributed by atoms with Crippen molar-refractivity contribution >= 4 is 17.7 Å². The Kier molecular flexibility index (Phi) is 6.03. The lowest BCUT2D eigenvalue weighted by molar-refractivity contribution is -0.137. The molecule has 1 aromatic rings. The molecule has 2 N–H and O–H groups in total. The van der Waals surface area contributed by atoms with E-state index in [4.69, 9.17) is 5.11 Å². The maximum atomic E-state index is 12.2. The van der Waals surface area contributed by atoms with Gasteiger partial charge in [-0.1, -0.05) is 18.2 Å². The zero-order valence-electron chi connectivity index (χ0n) is 12.2. The quantitative estimate of drug-likeness (QED) is 0.840. The molecule has 1 aromatic carbocycles. The number of carbonyl (C=O) groups is 2. The van der Waals surface area contributed by atoms with Crippen molar-refractivity contribution in [3.63, 3.8) is 0 Å². The van der Waals surface area contributed by atoms with Gasteiger partial charge in [-0.15, -0.1) is 0 Å². The Bertz CT molecular complexity index is 474. The normalized spacial score (nSPS) is 11.8. The first-order valence-corrected chi connectivity index (χ1v) is 6.81. The topological polar surface area (TPSA) is 69.6 Å². The maximum Gasteiger partial charge on any atom is 0.322 e. The molecule has 5 heteroatoms. The van der Waals surface area contributed by atoms with E-state index in [1.807, 2.05) is 45.0 Å². The third-order valence-corrected chi connectivity index (χ3v) is 3.13. The number of hydrogen-bond acceptors (Lipinski definition) is 2. The van der Waals surface area contributed by atoms with E-state index in [0.29, 0.717) is 13.0 Å². The van der Waals surface area contributed by atoms with Crippen molar-refractivity contribution in [3.8, 4) is 0 Å². The molecular formula is C15H22N2O3. The van der Waals surface area contributed by atoms with Crippen molar-refractivity contribution in [2.24, 2.45) is 0 Å². The lowest BCUT2D eigenvalue weighted by Crippen LogP contribution is -2.44. The van der Waals surface area contributed by atoms with E-state index in [9.17, 15) is 9.59 Å². The zero-order chi connectivity index (χ0) is 15.1. The molecule has 0 fully saturated rings. The van der Waals surface area contributed by atoms with Crippen LogP contribution in [0.4, 0.5) is 10.5 Å². The predicted octanol–water partition coefficient (Wildman–Crippen LogP) is 2.78. The fraction of sp³-hybridized carbons (Fsp3) is 0.467. The summed E-state index contributed by atoms with van der Waals surface area (Å²) in [4.78, 5) is 24.4. The van der Waals surface area contributed by atoms with Gasteiger partial charge in [-0.2, -0.15) is 0 Å². The molecule has 0 saturated heterocycles. The van der Waals surface area contributed by atoms with Gasteiger partial charge in [0.15, 0.2) is 0 Å². The lowest BCUT2D eigenvalue weighted by atomic mass is 10.1. The number of carboxylic acid groups (broad SMARTS) is 1. The third kappa shape index (κ3) is 4.57. The van der Waals surface area contributed by atoms with Crippen molar-refractivity contribution < 1.29 is 14.7 Å². The van der Waals surface area contributed by atoms with Crippen LogP contribution in [0.5, 0.6) is 0 Å². The molecule has 110 valence electrons. The highest BCUT2D eigenvalue weighted by atomic mass is 16.4. The molecule has 0 aliphatic rings. The average molecular weight is 278 g/mol. The smallest absolute Gasteiger partial charge is 0.322 e. The molecular weight excluding hydrogens is 256 g/mol. The summed E-state index contributed by atoms with van der Waals surface area (Å²) in [6.45, 7) is 6.24. The summed E-state index contributed by atoms with van der Waals surface area (Å²) in [5, 5.41) is 11.5. The minimum Gasteiger partial charge on any atom is -0.481 e. The summed E-state index contributed by atoms with van der Waals surface area (Å²) < 4.78 is 0. The van der Waals surface area contributed by atoms with Crippen LogP contribution in [0.1, 0.15) is 32.3 Å². The highest BCUT2D eigenvalue weighted by molar-refractivity contribution is 5.92. The van der Waals surface area contributed by atoms with Crippen molar-refractivity contribution in [2.45, 2.75) is 39.7 Å². The van der Waals surface area contributed by atoms with Crippen LogP contribution in [-0.2, 0) is 4.79 Å². The molecule has 0 saturated carbocycles. The number of carboxylic acids is 1. The van der Waals surface area contributed by atoms with Crippen molar-refractivity contribution in [1.82, 2.24) is 5.32 Å². The number of aliphatic carboxylic acids is 1. The monoisotopic (exact) mass is 278 g/mol. The van der Waals surface area contributed by atoms with Gasteiger partial charge in [0.1, 0.15) is 0 Å². The van der Waals surface area contributed by atoms with E-state index in [0.717, 1.165) is 11.3 Å². The number of para-hydroxylation sites is 1. The Morgan fingerprint density at radius 1 is 1.35 bits per heavy atom. The summed E-state index contributed by atoms with van der Waals surface area (Å²) in [7, 11) is 0. The molecule has 1 unspecified atom stereocenters. The SMILES string of the molecule is CCN(C(=O)NC(C)CCC(=O)O)c1ccccc1C. The number of nitrogens with zero attached hydrogens (tertiary/aromatic N) is 1. The van der Waals surface area contributed by atoms with E-state index in [2.05, 4.69) is 5.32 Å². The number of hydrogen-bond donors (Lipinski definition) is 2. The Balaban J connectivity index is 2.68. The summed E-state index contributed by atoms with van der Waals surface area (Å²) in [6, 6.07) is 7.32. The maximum absolute atomic E-state index is 12.2. The van der Waals surface area contributed by atoms with Gasteiger partial charge in [0.2, 0.25) is 0 Å². The van der Waals surface area contributed by atoms with Crippen LogP contribution < -0.4 is 10.2 Å². The van der Waals surface area contributed by atoms with Crippen molar-refractivity contribution in [3.05, 3.63) is 29.8 Å². The Labute approximate surface area is 119 Å². The molecule has 0 bridgehead atoms. The van der Waals surface area contributed by atoms with Crippen LogP contribution in [0.25, 0.3) is 0 Å². The van der Waals surface area contributed by atoms with Gasteiger partial charge in [-0.3, -0.25) is 9.69 Å². The third-order valence-electron chi connectivity index (χ3n) is 3.13. The van der Waals surface area contributed by atoms with Crippen LogP contribution >= 0.6 is 0 Å². The predicted molar refractivity (Wildman–Crippen MR) is 79.1 cm³/mol. The van der Waals surface area contributed by atoms with Gasteiger partial charge in [0, 0.05) is 24.7 Å². The number of nitrogens with one attached hydrogen (secondary N) is 1. The highest BCUT2D eigenvalue weighted by Crippen LogP contribution is 2.19. The molecule has 1 rings (SSSR count). The van der Waals surface area contributed by atoms with Gasteiger partial charge in [0.25, 0.3) is 0 Å². The average Bonchev–Trinajstić information content (AvgIpc) is 2.39. The van der Waals surface area contributed by atoms with Gasteiger partial charge in [-0.25, -0.2) is 4.79 Å². The first-order valence-electron chi connectivity index (χ1n) is 6.81. The van der Waals surface area contributed by atoms with Crippen LogP contribution in [0.2, 0.25) is 0 Å². The molecule has 0 radical (unpaired) electrons. The fourth-order valence-electron chi connectivity index (χ4n) is 1.99. The van der Waals surface area contributed by atoms with Gasteiger partial charge < -0.3 is 10.4 Å². The molecule has 0 heterocycles. The highest BCUT2D eigenvalue weighted by Gasteiger charge is 2.17. The number of aryl methyl sites for hydroxylation is 1. The van der Waals surface area contributed by atoms with Crippen LogP contribution in [0.15, 0.2) is 24.3 Å². The number of benzene rings is 1. The van der Waals surface area contributed by atoms with Crippen LogP contribution in [-0.4, -0.2) is 29.7 Å². The van der Waals surface area contributed by atoms with Gasteiger partial charge in [-0.05, 0) is 38.8 Å². The molecule has 0 aliphatic heterocycles. The van der Waals surface area contributed by atoms with E-state index in [-0.39, 0.29) is 18.5 Å².